The Hall–Kier alpha value is -3.74. The number of benzene rings is 1. The van der Waals surface area contributed by atoms with Crippen molar-refractivity contribution in [2.75, 3.05) is 44.9 Å². The smallest absolute Gasteiger partial charge is 0.181 e. The van der Waals surface area contributed by atoms with Gasteiger partial charge in [-0.15, -0.1) is 27.9 Å². The number of hydrogen-bond acceptors (Lipinski definition) is 11. The van der Waals surface area contributed by atoms with Crippen LogP contribution in [-0.2, 0) is 9.68 Å². The summed E-state index contributed by atoms with van der Waals surface area (Å²) in [7, 11) is 0. The van der Waals surface area contributed by atoms with E-state index in [0.717, 1.165) is 51.6 Å². The van der Waals surface area contributed by atoms with Gasteiger partial charge < -0.3 is 18.9 Å². The van der Waals surface area contributed by atoms with Crippen molar-refractivity contribution in [2.24, 2.45) is 0 Å². The van der Waals surface area contributed by atoms with Crippen molar-refractivity contribution in [1.82, 2.24) is 0 Å². The molecule has 2 aliphatic heterocycles. The number of nitriles is 2. The molecule has 2 aromatic heterocycles. The van der Waals surface area contributed by atoms with Gasteiger partial charge in [-0.1, -0.05) is 64.5 Å². The van der Waals surface area contributed by atoms with E-state index >= 15 is 0 Å². The van der Waals surface area contributed by atoms with Crippen molar-refractivity contribution >= 4 is 34.4 Å². The maximum absolute atomic E-state index is 9.34. The largest absolute Gasteiger partial charge is 0.485 e. The number of fused-ring (bicyclic) bond motifs is 2. The van der Waals surface area contributed by atoms with Crippen molar-refractivity contribution in [1.29, 1.82) is 10.5 Å². The molecule has 0 atom stereocenters. The second kappa shape index (κ2) is 16.5. The van der Waals surface area contributed by atoms with Crippen molar-refractivity contribution in [3.8, 4) is 55.3 Å². The van der Waals surface area contributed by atoms with Crippen molar-refractivity contribution < 1.29 is 28.6 Å². The van der Waals surface area contributed by atoms with Crippen LogP contribution in [0.1, 0.15) is 70.1 Å². The lowest BCUT2D eigenvalue weighted by molar-refractivity contribution is -0.0914. The van der Waals surface area contributed by atoms with Crippen LogP contribution >= 0.6 is 22.7 Å². The summed E-state index contributed by atoms with van der Waals surface area (Å²) in [5, 5.41) is 20.3. The molecule has 0 amide bonds. The van der Waals surface area contributed by atoms with Gasteiger partial charge in [0, 0.05) is 0 Å². The van der Waals surface area contributed by atoms with Gasteiger partial charge in [-0.25, -0.2) is 9.68 Å². The second-order valence-electron chi connectivity index (χ2n) is 10.6. The van der Waals surface area contributed by atoms with E-state index in [1.807, 2.05) is 36.4 Å². The molecule has 0 fully saturated rings. The fourth-order valence-corrected chi connectivity index (χ4v) is 7.45. The number of allylic oxidation sites excluding steroid dienone is 1. The lowest BCUT2D eigenvalue weighted by Crippen LogP contribution is -2.25. The number of anilines is 1. The molecule has 0 saturated heterocycles. The third kappa shape index (κ3) is 7.92. The van der Waals surface area contributed by atoms with Gasteiger partial charge in [0.2, 0.25) is 0 Å². The first-order valence-electron chi connectivity index (χ1n) is 15.7. The van der Waals surface area contributed by atoms with Crippen LogP contribution in [0.4, 0.5) is 5.69 Å². The van der Waals surface area contributed by atoms with Crippen molar-refractivity contribution in [3.05, 3.63) is 34.7 Å². The highest BCUT2D eigenvalue weighted by atomic mass is 32.1. The zero-order valence-electron chi connectivity index (χ0n) is 25.9. The van der Waals surface area contributed by atoms with Crippen LogP contribution in [0.3, 0.4) is 0 Å². The monoisotopic (exact) mass is 649 g/mol. The zero-order valence-corrected chi connectivity index (χ0v) is 27.5. The lowest BCUT2D eigenvalue weighted by atomic mass is 10.1. The Morgan fingerprint density at radius 2 is 1.22 bits per heavy atom. The lowest BCUT2D eigenvalue weighted by Gasteiger charge is -2.23. The summed E-state index contributed by atoms with van der Waals surface area (Å²) in [5.41, 5.74) is 1.80. The van der Waals surface area contributed by atoms with Gasteiger partial charge in [-0.2, -0.15) is 10.5 Å². The number of nitrogens with zero attached hydrogens (tertiary/aromatic N) is 3. The van der Waals surface area contributed by atoms with E-state index in [-0.39, 0.29) is 5.57 Å². The van der Waals surface area contributed by atoms with Crippen LogP contribution < -0.4 is 24.2 Å². The molecule has 238 valence electrons. The zero-order chi connectivity index (χ0) is 31.4. The SMILES string of the molecule is CCCCCCON(OCCCCCC)c1ccc(-c2sc(-c3sc(C=C(C#N)C#N)c4c3OCCO4)c3c2OCCO3)cc1. The fourth-order valence-electron chi connectivity index (χ4n) is 5.00. The molecule has 4 heterocycles. The van der Waals surface area contributed by atoms with E-state index in [1.165, 1.54) is 37.0 Å². The first-order valence-corrected chi connectivity index (χ1v) is 17.3. The molecule has 11 heteroatoms. The van der Waals surface area contributed by atoms with Crippen LogP contribution in [0.2, 0.25) is 0 Å². The van der Waals surface area contributed by atoms with E-state index in [0.29, 0.717) is 67.5 Å². The van der Waals surface area contributed by atoms with Gasteiger partial charge in [-0.3, -0.25) is 0 Å². The Balaban J connectivity index is 1.43. The summed E-state index contributed by atoms with van der Waals surface area (Å²) in [6.45, 7) is 7.27. The Kier molecular flexibility index (Phi) is 12.0. The minimum Gasteiger partial charge on any atom is -0.485 e. The maximum atomic E-state index is 9.34. The first-order chi connectivity index (χ1) is 22.2. The Labute approximate surface area is 273 Å². The minimum atomic E-state index is -0.00253. The summed E-state index contributed by atoms with van der Waals surface area (Å²) in [6.07, 6.45) is 10.5. The molecular formula is C34H39N3O6S2. The van der Waals surface area contributed by atoms with Gasteiger partial charge in [0.1, 0.15) is 44.1 Å². The number of ether oxygens (including phenoxy) is 4. The molecule has 45 heavy (non-hydrogen) atoms. The highest BCUT2D eigenvalue weighted by Crippen LogP contribution is 2.59. The Bertz CT molecular complexity index is 1500. The van der Waals surface area contributed by atoms with Gasteiger partial charge >= 0.3 is 0 Å². The van der Waals surface area contributed by atoms with E-state index < -0.39 is 0 Å². The summed E-state index contributed by atoms with van der Waals surface area (Å²) in [4.78, 5) is 15.4. The summed E-state index contributed by atoms with van der Waals surface area (Å²) in [6, 6.07) is 11.9. The molecule has 2 aliphatic rings. The predicted molar refractivity (Wildman–Crippen MR) is 177 cm³/mol. The average Bonchev–Trinajstić information content (AvgIpc) is 3.64. The third-order valence-electron chi connectivity index (χ3n) is 7.30. The number of rotatable bonds is 16. The second-order valence-corrected chi connectivity index (χ2v) is 12.7. The Morgan fingerprint density at radius 3 is 1.78 bits per heavy atom. The van der Waals surface area contributed by atoms with Gasteiger partial charge in [0.15, 0.2) is 23.0 Å². The van der Waals surface area contributed by atoms with Crippen LogP contribution in [0.25, 0.3) is 26.3 Å². The van der Waals surface area contributed by atoms with Crippen molar-refractivity contribution in [2.45, 2.75) is 65.2 Å². The van der Waals surface area contributed by atoms with Crippen LogP contribution in [-0.4, -0.2) is 39.6 Å². The first kappa shape index (κ1) is 32.6. The minimum absolute atomic E-state index is 0.00253. The summed E-state index contributed by atoms with van der Waals surface area (Å²) < 4.78 is 24.3. The molecule has 0 aliphatic carbocycles. The van der Waals surface area contributed by atoms with E-state index in [1.54, 1.807) is 22.6 Å². The molecule has 0 unspecified atom stereocenters. The average molecular weight is 650 g/mol. The molecule has 5 rings (SSSR count). The predicted octanol–water partition coefficient (Wildman–Crippen LogP) is 8.95. The van der Waals surface area contributed by atoms with Gasteiger partial charge in [0.05, 0.1) is 38.4 Å². The molecule has 0 saturated carbocycles. The molecule has 0 bridgehead atoms. The fraction of sp³-hybridized carbons (Fsp3) is 0.471. The standard InChI is InChI=1S/C34H39N3O6S2/c1-3-5-7-9-15-42-37(43-16-10-8-6-4-2)26-13-11-25(12-14-26)32-30-31(41-20-19-40-30)34(45-32)33-29-28(38-17-18-39-29)27(44-33)21-24(22-35)23-36/h11-14,21H,3-10,15-20H2,1-2H3. The molecule has 0 N–H and O–H groups in total. The maximum Gasteiger partial charge on any atom is 0.181 e. The van der Waals surface area contributed by atoms with Crippen molar-refractivity contribution in [3.63, 3.8) is 0 Å². The topological polar surface area (TPSA) is 106 Å². The summed E-state index contributed by atoms with van der Waals surface area (Å²) in [5.74, 6) is 2.48. The normalized spacial score (nSPS) is 13.2. The number of hydrogen-bond donors (Lipinski definition) is 0. The molecular weight excluding hydrogens is 611 g/mol. The number of unbranched alkanes of at least 4 members (excludes halogenated alkanes) is 6. The third-order valence-corrected chi connectivity index (χ3v) is 9.76. The van der Waals surface area contributed by atoms with Gasteiger partial charge in [-0.05, 0) is 36.6 Å². The van der Waals surface area contributed by atoms with Crippen LogP contribution in [0.5, 0.6) is 23.0 Å². The van der Waals surface area contributed by atoms with E-state index in [4.69, 9.17) is 28.6 Å². The highest BCUT2D eigenvalue weighted by Gasteiger charge is 2.32. The summed E-state index contributed by atoms with van der Waals surface area (Å²) >= 11 is 2.96. The molecule has 1 aromatic carbocycles. The van der Waals surface area contributed by atoms with Gasteiger partial charge in [0.25, 0.3) is 0 Å². The van der Waals surface area contributed by atoms with Crippen LogP contribution in [0.15, 0.2) is 29.8 Å². The van der Waals surface area contributed by atoms with E-state index in [2.05, 4.69) is 13.8 Å². The molecule has 0 spiro atoms. The van der Waals surface area contributed by atoms with Crippen LogP contribution in [0, 0.1) is 22.7 Å². The number of thiophene rings is 2. The Morgan fingerprint density at radius 1 is 0.711 bits per heavy atom. The van der Waals surface area contributed by atoms with E-state index in [9.17, 15) is 10.5 Å². The molecule has 0 radical (unpaired) electrons. The molecule has 9 nitrogen and oxygen atoms in total. The molecule has 3 aromatic rings. The quantitative estimate of drug-likeness (QED) is 0.0854. The highest BCUT2D eigenvalue weighted by molar-refractivity contribution is 7.25.